The Bertz CT molecular complexity index is 382. The van der Waals surface area contributed by atoms with Gasteiger partial charge < -0.3 is 15.2 Å². The molecule has 0 fully saturated rings. The van der Waals surface area contributed by atoms with Crippen LogP contribution in [-0.2, 0) is 4.79 Å². The van der Waals surface area contributed by atoms with Crippen molar-refractivity contribution in [3.8, 4) is 5.75 Å². The molecule has 1 aromatic carbocycles. The molecule has 0 aliphatic rings. The Morgan fingerprint density at radius 1 is 1.35 bits per heavy atom. The standard InChI is InChI=1S/C15H24N2O3/c1-13(2)17(9-10-18)12-15(19)16-8-11-20-14-6-4-3-5-7-14/h3-7,13,18H,8-12H2,1-2H3,(H,16,19). The summed E-state index contributed by atoms with van der Waals surface area (Å²) >= 11 is 0. The van der Waals surface area contributed by atoms with Crippen molar-refractivity contribution in [1.82, 2.24) is 10.2 Å². The zero-order chi connectivity index (χ0) is 14.8. The van der Waals surface area contributed by atoms with Gasteiger partial charge in [-0.1, -0.05) is 18.2 Å². The Kier molecular flexibility index (Phi) is 7.69. The average molecular weight is 280 g/mol. The second-order valence-corrected chi connectivity index (χ2v) is 4.80. The maximum atomic E-state index is 11.8. The van der Waals surface area contributed by atoms with E-state index < -0.39 is 0 Å². The molecule has 1 aromatic rings. The molecule has 0 bridgehead atoms. The maximum absolute atomic E-state index is 11.8. The number of benzene rings is 1. The summed E-state index contributed by atoms with van der Waals surface area (Å²) in [6.45, 7) is 5.77. The van der Waals surface area contributed by atoms with E-state index in [1.807, 2.05) is 49.1 Å². The predicted molar refractivity (Wildman–Crippen MR) is 78.7 cm³/mol. The van der Waals surface area contributed by atoms with Gasteiger partial charge in [0.05, 0.1) is 19.7 Å². The summed E-state index contributed by atoms with van der Waals surface area (Å²) in [5, 5.41) is 11.8. The highest BCUT2D eigenvalue weighted by molar-refractivity contribution is 5.78. The van der Waals surface area contributed by atoms with Gasteiger partial charge in [0, 0.05) is 12.6 Å². The molecule has 0 spiro atoms. The number of carbonyl (C=O) groups is 1. The first-order valence-electron chi connectivity index (χ1n) is 6.93. The van der Waals surface area contributed by atoms with Crippen molar-refractivity contribution in [2.24, 2.45) is 0 Å². The summed E-state index contributed by atoms with van der Waals surface area (Å²) in [6.07, 6.45) is 0. The molecule has 0 aromatic heterocycles. The molecule has 5 nitrogen and oxygen atoms in total. The van der Waals surface area contributed by atoms with Gasteiger partial charge in [0.1, 0.15) is 12.4 Å². The lowest BCUT2D eigenvalue weighted by Crippen LogP contribution is -2.43. The number of carbonyl (C=O) groups excluding carboxylic acids is 1. The van der Waals surface area contributed by atoms with E-state index in [0.29, 0.717) is 26.2 Å². The number of hydrogen-bond donors (Lipinski definition) is 2. The van der Waals surface area contributed by atoms with Crippen LogP contribution in [0.5, 0.6) is 5.75 Å². The zero-order valence-corrected chi connectivity index (χ0v) is 12.2. The van der Waals surface area contributed by atoms with Gasteiger partial charge in [-0.3, -0.25) is 9.69 Å². The molecule has 20 heavy (non-hydrogen) atoms. The highest BCUT2D eigenvalue weighted by Crippen LogP contribution is 2.07. The number of nitrogens with zero attached hydrogens (tertiary/aromatic N) is 1. The van der Waals surface area contributed by atoms with E-state index in [1.165, 1.54) is 0 Å². The Morgan fingerprint density at radius 3 is 2.65 bits per heavy atom. The summed E-state index contributed by atoms with van der Waals surface area (Å²) in [4.78, 5) is 13.7. The third kappa shape index (κ3) is 6.54. The normalized spacial score (nSPS) is 10.8. The number of hydrogen-bond acceptors (Lipinski definition) is 4. The van der Waals surface area contributed by atoms with Crippen molar-refractivity contribution in [2.75, 3.05) is 32.8 Å². The van der Waals surface area contributed by atoms with E-state index in [2.05, 4.69) is 5.32 Å². The first kappa shape index (κ1) is 16.5. The predicted octanol–water partition coefficient (Wildman–Crippen LogP) is 0.884. The minimum absolute atomic E-state index is 0.0520. The minimum Gasteiger partial charge on any atom is -0.492 e. The number of nitrogens with one attached hydrogen (secondary N) is 1. The average Bonchev–Trinajstić information content (AvgIpc) is 2.44. The lowest BCUT2D eigenvalue weighted by molar-refractivity contribution is -0.122. The number of aliphatic hydroxyl groups is 1. The van der Waals surface area contributed by atoms with Gasteiger partial charge in [-0.2, -0.15) is 0 Å². The van der Waals surface area contributed by atoms with Crippen LogP contribution in [0.25, 0.3) is 0 Å². The van der Waals surface area contributed by atoms with E-state index in [4.69, 9.17) is 9.84 Å². The summed E-state index contributed by atoms with van der Waals surface area (Å²) in [5.41, 5.74) is 0. The minimum atomic E-state index is -0.0520. The number of amides is 1. The van der Waals surface area contributed by atoms with Gasteiger partial charge >= 0.3 is 0 Å². The molecule has 112 valence electrons. The molecule has 0 aliphatic carbocycles. The maximum Gasteiger partial charge on any atom is 0.234 e. The molecule has 0 unspecified atom stereocenters. The van der Waals surface area contributed by atoms with Crippen molar-refractivity contribution in [1.29, 1.82) is 0 Å². The first-order chi connectivity index (χ1) is 9.63. The third-order valence-corrected chi connectivity index (χ3v) is 2.90. The van der Waals surface area contributed by atoms with Gasteiger partial charge in [0.25, 0.3) is 0 Å². The van der Waals surface area contributed by atoms with E-state index in [9.17, 15) is 4.79 Å². The molecule has 2 N–H and O–H groups in total. The lowest BCUT2D eigenvalue weighted by Gasteiger charge is -2.24. The Morgan fingerprint density at radius 2 is 2.05 bits per heavy atom. The lowest BCUT2D eigenvalue weighted by atomic mass is 10.3. The molecule has 1 rings (SSSR count). The Hall–Kier alpha value is -1.59. The smallest absolute Gasteiger partial charge is 0.234 e. The molecule has 0 atom stereocenters. The first-order valence-corrected chi connectivity index (χ1v) is 6.93. The van der Waals surface area contributed by atoms with E-state index >= 15 is 0 Å². The van der Waals surface area contributed by atoms with Crippen molar-refractivity contribution in [3.63, 3.8) is 0 Å². The number of rotatable bonds is 9. The summed E-state index contributed by atoms with van der Waals surface area (Å²) in [6, 6.07) is 9.73. The summed E-state index contributed by atoms with van der Waals surface area (Å²) in [7, 11) is 0. The number of para-hydroxylation sites is 1. The second-order valence-electron chi connectivity index (χ2n) is 4.80. The highest BCUT2D eigenvalue weighted by atomic mass is 16.5. The van der Waals surface area contributed by atoms with Crippen LogP contribution in [0.2, 0.25) is 0 Å². The van der Waals surface area contributed by atoms with Crippen LogP contribution in [0.3, 0.4) is 0 Å². The van der Waals surface area contributed by atoms with Crippen LogP contribution in [0.1, 0.15) is 13.8 Å². The molecule has 0 heterocycles. The van der Waals surface area contributed by atoms with E-state index in [-0.39, 0.29) is 18.6 Å². The zero-order valence-electron chi connectivity index (χ0n) is 12.2. The van der Waals surface area contributed by atoms with E-state index in [0.717, 1.165) is 5.75 Å². The molecule has 0 radical (unpaired) electrons. The van der Waals surface area contributed by atoms with Crippen molar-refractivity contribution in [2.45, 2.75) is 19.9 Å². The number of aliphatic hydroxyl groups excluding tert-OH is 1. The number of ether oxygens (including phenoxy) is 1. The molecule has 5 heteroatoms. The monoisotopic (exact) mass is 280 g/mol. The molecule has 0 saturated carbocycles. The fraction of sp³-hybridized carbons (Fsp3) is 0.533. The fourth-order valence-corrected chi connectivity index (χ4v) is 1.76. The van der Waals surface area contributed by atoms with Gasteiger partial charge in [-0.25, -0.2) is 0 Å². The Balaban J connectivity index is 2.19. The van der Waals surface area contributed by atoms with Crippen LogP contribution < -0.4 is 10.1 Å². The van der Waals surface area contributed by atoms with Crippen LogP contribution in [0, 0.1) is 0 Å². The fourth-order valence-electron chi connectivity index (χ4n) is 1.76. The van der Waals surface area contributed by atoms with Gasteiger partial charge in [-0.15, -0.1) is 0 Å². The van der Waals surface area contributed by atoms with Crippen LogP contribution in [0.4, 0.5) is 0 Å². The van der Waals surface area contributed by atoms with E-state index in [1.54, 1.807) is 0 Å². The van der Waals surface area contributed by atoms with Crippen LogP contribution in [-0.4, -0.2) is 54.8 Å². The topological polar surface area (TPSA) is 61.8 Å². The van der Waals surface area contributed by atoms with Crippen LogP contribution >= 0.6 is 0 Å². The SMILES string of the molecule is CC(C)N(CCO)CC(=O)NCCOc1ccccc1. The second kappa shape index (κ2) is 9.34. The molecule has 1 amide bonds. The quantitative estimate of drug-likeness (QED) is 0.659. The molecule has 0 aliphatic heterocycles. The molecular formula is C15H24N2O3. The highest BCUT2D eigenvalue weighted by Gasteiger charge is 2.12. The summed E-state index contributed by atoms with van der Waals surface area (Å²) in [5.74, 6) is 0.745. The van der Waals surface area contributed by atoms with Crippen molar-refractivity contribution >= 4 is 5.91 Å². The van der Waals surface area contributed by atoms with Crippen LogP contribution in [0.15, 0.2) is 30.3 Å². The van der Waals surface area contributed by atoms with Gasteiger partial charge in [0.2, 0.25) is 5.91 Å². The molecule has 0 saturated heterocycles. The van der Waals surface area contributed by atoms with Crippen molar-refractivity contribution in [3.05, 3.63) is 30.3 Å². The molecular weight excluding hydrogens is 256 g/mol. The van der Waals surface area contributed by atoms with Gasteiger partial charge in [0.15, 0.2) is 0 Å². The van der Waals surface area contributed by atoms with Crippen molar-refractivity contribution < 1.29 is 14.6 Å². The van der Waals surface area contributed by atoms with Gasteiger partial charge in [-0.05, 0) is 26.0 Å². The summed E-state index contributed by atoms with van der Waals surface area (Å²) < 4.78 is 5.49. The largest absolute Gasteiger partial charge is 0.492 e. The third-order valence-electron chi connectivity index (χ3n) is 2.90. The Labute approximate surface area is 120 Å².